The Morgan fingerprint density at radius 2 is 1.96 bits per heavy atom. The number of rotatable bonds is 6. The zero-order valence-electron chi connectivity index (χ0n) is 13.1. The van der Waals surface area contributed by atoms with E-state index in [1.165, 1.54) is 25.3 Å². The van der Waals surface area contributed by atoms with E-state index in [0.717, 1.165) is 5.56 Å². The van der Waals surface area contributed by atoms with Crippen molar-refractivity contribution in [3.05, 3.63) is 58.9 Å². The molecule has 3 aromatic rings. The van der Waals surface area contributed by atoms with Crippen molar-refractivity contribution in [2.75, 3.05) is 7.11 Å². The molecule has 0 amide bonds. The van der Waals surface area contributed by atoms with Crippen LogP contribution in [0.2, 0.25) is 5.02 Å². The highest BCUT2D eigenvalue weighted by Crippen LogP contribution is 2.29. The number of carbonyl (C=O) groups is 1. The maximum Gasteiger partial charge on any atom is 0.335 e. The van der Waals surface area contributed by atoms with Crippen molar-refractivity contribution < 1.29 is 23.9 Å². The number of aromatic nitrogens is 2. The first kappa shape index (κ1) is 16.8. The molecule has 2 aromatic carbocycles. The van der Waals surface area contributed by atoms with Crippen molar-refractivity contribution in [1.29, 1.82) is 0 Å². The Kier molecular flexibility index (Phi) is 4.85. The van der Waals surface area contributed by atoms with Gasteiger partial charge in [-0.1, -0.05) is 16.8 Å². The molecule has 1 N–H and O–H groups in total. The summed E-state index contributed by atoms with van der Waals surface area (Å²) in [5.74, 6) is 0.264. The van der Waals surface area contributed by atoms with E-state index in [0.29, 0.717) is 16.6 Å². The Morgan fingerprint density at radius 1 is 1.20 bits per heavy atom. The second kappa shape index (κ2) is 7.23. The summed E-state index contributed by atoms with van der Waals surface area (Å²) in [6.45, 7) is -0.0278. The molecule has 8 heteroatoms. The van der Waals surface area contributed by atoms with E-state index in [2.05, 4.69) is 10.1 Å². The van der Waals surface area contributed by atoms with Gasteiger partial charge in [0.2, 0.25) is 5.82 Å². The van der Waals surface area contributed by atoms with Gasteiger partial charge in [-0.25, -0.2) is 4.79 Å². The van der Waals surface area contributed by atoms with Crippen LogP contribution in [-0.4, -0.2) is 28.3 Å². The van der Waals surface area contributed by atoms with Crippen LogP contribution in [0.1, 0.15) is 16.2 Å². The van der Waals surface area contributed by atoms with Crippen LogP contribution in [0.15, 0.2) is 47.0 Å². The molecule has 0 atom stereocenters. The lowest BCUT2D eigenvalue weighted by molar-refractivity contribution is 0.0696. The van der Waals surface area contributed by atoms with E-state index in [-0.39, 0.29) is 23.8 Å². The van der Waals surface area contributed by atoms with Gasteiger partial charge in [0.15, 0.2) is 18.1 Å². The standard InChI is InChI=1S/C17H13ClN2O5/c1-23-13-7-4-11(17(21)22)8-14(13)24-9-15-19-16(20-25-15)10-2-5-12(18)6-3-10/h2-8H,9H2,1H3,(H,21,22). The van der Waals surface area contributed by atoms with Gasteiger partial charge in [-0.15, -0.1) is 0 Å². The van der Waals surface area contributed by atoms with Gasteiger partial charge in [0.1, 0.15) is 0 Å². The minimum atomic E-state index is -1.06. The fourth-order valence-corrected chi connectivity index (χ4v) is 2.22. The lowest BCUT2D eigenvalue weighted by atomic mass is 10.2. The minimum Gasteiger partial charge on any atom is -0.493 e. The first-order valence-corrected chi connectivity index (χ1v) is 7.57. The number of aromatic carboxylic acids is 1. The Balaban J connectivity index is 1.75. The summed E-state index contributed by atoms with van der Waals surface area (Å²) in [5.41, 5.74) is 0.841. The molecule has 0 spiro atoms. The van der Waals surface area contributed by atoms with E-state index < -0.39 is 5.97 Å². The fraction of sp³-hybridized carbons (Fsp3) is 0.118. The highest BCUT2D eigenvalue weighted by molar-refractivity contribution is 6.30. The average molecular weight is 361 g/mol. The zero-order valence-corrected chi connectivity index (χ0v) is 13.9. The number of methoxy groups -OCH3 is 1. The van der Waals surface area contributed by atoms with Crippen molar-refractivity contribution in [2.24, 2.45) is 0 Å². The summed E-state index contributed by atoms with van der Waals surface area (Å²) >= 11 is 5.85. The maximum absolute atomic E-state index is 11.1. The second-order valence-corrected chi connectivity index (χ2v) is 5.41. The normalized spacial score (nSPS) is 10.5. The van der Waals surface area contributed by atoms with Crippen LogP contribution in [0.3, 0.4) is 0 Å². The van der Waals surface area contributed by atoms with Gasteiger partial charge in [-0.2, -0.15) is 4.98 Å². The van der Waals surface area contributed by atoms with Gasteiger partial charge in [-0.3, -0.25) is 0 Å². The van der Waals surface area contributed by atoms with Crippen molar-refractivity contribution in [3.8, 4) is 22.9 Å². The smallest absolute Gasteiger partial charge is 0.335 e. The number of ether oxygens (including phenoxy) is 2. The molecule has 0 aliphatic rings. The average Bonchev–Trinajstić information content (AvgIpc) is 3.09. The number of nitrogens with zero attached hydrogens (tertiary/aromatic N) is 2. The van der Waals surface area contributed by atoms with Crippen LogP contribution >= 0.6 is 11.6 Å². The molecule has 1 aromatic heterocycles. The molecule has 0 saturated carbocycles. The molecular weight excluding hydrogens is 348 g/mol. The third kappa shape index (κ3) is 3.89. The third-order valence-electron chi connectivity index (χ3n) is 3.33. The van der Waals surface area contributed by atoms with Gasteiger partial charge < -0.3 is 19.1 Å². The van der Waals surface area contributed by atoms with Gasteiger partial charge in [-0.05, 0) is 42.5 Å². The first-order chi connectivity index (χ1) is 12.1. The van der Waals surface area contributed by atoms with Crippen LogP contribution in [0, 0.1) is 0 Å². The molecule has 128 valence electrons. The molecule has 3 rings (SSSR count). The molecular formula is C17H13ClN2O5. The monoisotopic (exact) mass is 360 g/mol. The molecule has 0 bridgehead atoms. The number of hydrogen-bond donors (Lipinski definition) is 1. The first-order valence-electron chi connectivity index (χ1n) is 7.19. The second-order valence-electron chi connectivity index (χ2n) is 4.98. The number of benzene rings is 2. The number of carboxylic acids is 1. The predicted octanol–water partition coefficient (Wildman–Crippen LogP) is 3.68. The summed E-state index contributed by atoms with van der Waals surface area (Å²) in [6.07, 6.45) is 0. The summed E-state index contributed by atoms with van der Waals surface area (Å²) < 4.78 is 15.9. The molecule has 0 radical (unpaired) electrons. The van der Waals surface area contributed by atoms with Crippen LogP contribution in [0.4, 0.5) is 0 Å². The van der Waals surface area contributed by atoms with E-state index in [4.69, 9.17) is 30.7 Å². The summed E-state index contributed by atoms with van der Waals surface area (Å²) in [7, 11) is 1.47. The van der Waals surface area contributed by atoms with Gasteiger partial charge in [0.25, 0.3) is 5.89 Å². The fourth-order valence-electron chi connectivity index (χ4n) is 2.09. The van der Waals surface area contributed by atoms with Gasteiger partial charge >= 0.3 is 5.97 Å². The van der Waals surface area contributed by atoms with E-state index >= 15 is 0 Å². The van der Waals surface area contributed by atoms with Crippen LogP contribution < -0.4 is 9.47 Å². The van der Waals surface area contributed by atoms with Crippen LogP contribution in [0.5, 0.6) is 11.5 Å². The summed E-state index contributed by atoms with van der Waals surface area (Å²) in [4.78, 5) is 15.3. The highest BCUT2D eigenvalue weighted by atomic mass is 35.5. The van der Waals surface area contributed by atoms with E-state index in [1.807, 2.05) is 0 Å². The lowest BCUT2D eigenvalue weighted by Crippen LogP contribution is -2.01. The van der Waals surface area contributed by atoms with Gasteiger partial charge in [0, 0.05) is 10.6 Å². The maximum atomic E-state index is 11.1. The SMILES string of the molecule is COc1ccc(C(=O)O)cc1OCc1nc(-c2ccc(Cl)cc2)no1. The summed E-state index contributed by atoms with van der Waals surface area (Å²) in [6, 6.07) is 11.3. The van der Waals surface area contributed by atoms with Crippen molar-refractivity contribution in [3.63, 3.8) is 0 Å². The Morgan fingerprint density at radius 3 is 2.64 bits per heavy atom. The quantitative estimate of drug-likeness (QED) is 0.716. The predicted molar refractivity (Wildman–Crippen MR) is 89.0 cm³/mol. The number of hydrogen-bond acceptors (Lipinski definition) is 6. The number of carboxylic acid groups (broad SMARTS) is 1. The molecule has 7 nitrogen and oxygen atoms in total. The van der Waals surface area contributed by atoms with E-state index in [1.54, 1.807) is 24.3 Å². The van der Waals surface area contributed by atoms with E-state index in [9.17, 15) is 4.79 Å². The van der Waals surface area contributed by atoms with Crippen LogP contribution in [-0.2, 0) is 6.61 Å². The third-order valence-corrected chi connectivity index (χ3v) is 3.58. The molecule has 25 heavy (non-hydrogen) atoms. The highest BCUT2D eigenvalue weighted by Gasteiger charge is 2.13. The van der Waals surface area contributed by atoms with Gasteiger partial charge in [0.05, 0.1) is 12.7 Å². The lowest BCUT2D eigenvalue weighted by Gasteiger charge is -2.09. The Bertz CT molecular complexity index is 892. The molecule has 0 unspecified atom stereocenters. The molecule has 0 saturated heterocycles. The largest absolute Gasteiger partial charge is 0.493 e. The Labute approximate surface area is 147 Å². The van der Waals surface area contributed by atoms with Crippen molar-refractivity contribution in [1.82, 2.24) is 10.1 Å². The zero-order chi connectivity index (χ0) is 17.8. The van der Waals surface area contributed by atoms with Crippen molar-refractivity contribution in [2.45, 2.75) is 6.61 Å². The number of halogens is 1. The minimum absolute atomic E-state index is 0.0278. The molecule has 0 aliphatic heterocycles. The molecule has 0 fully saturated rings. The topological polar surface area (TPSA) is 94.7 Å². The molecule has 1 heterocycles. The Hall–Kier alpha value is -3.06. The van der Waals surface area contributed by atoms with Crippen molar-refractivity contribution >= 4 is 17.6 Å². The summed E-state index contributed by atoms with van der Waals surface area (Å²) in [5, 5.41) is 13.6. The molecule has 0 aliphatic carbocycles. The van der Waals surface area contributed by atoms with Crippen LogP contribution in [0.25, 0.3) is 11.4 Å².